The Morgan fingerprint density at radius 2 is 1.95 bits per heavy atom. The van der Waals surface area contributed by atoms with Crippen LogP contribution >= 0.6 is 23.4 Å². The number of halogens is 3. The molecule has 0 saturated carbocycles. The van der Waals surface area contributed by atoms with Crippen LogP contribution in [0.3, 0.4) is 0 Å². The lowest BCUT2D eigenvalue weighted by molar-refractivity contribution is 0.198. The molecular weight excluding hydrogens is 302 g/mol. The van der Waals surface area contributed by atoms with Gasteiger partial charge in [-0.05, 0) is 35.9 Å². The maximum absolute atomic E-state index is 13.6. The van der Waals surface area contributed by atoms with Crippen molar-refractivity contribution in [2.75, 3.05) is 5.75 Å². The van der Waals surface area contributed by atoms with Gasteiger partial charge in [0.2, 0.25) is 0 Å². The van der Waals surface area contributed by atoms with Gasteiger partial charge in [0, 0.05) is 22.1 Å². The average molecular weight is 315 g/mol. The molecule has 0 radical (unpaired) electrons. The highest BCUT2D eigenvalue weighted by Gasteiger charge is 2.10. The van der Waals surface area contributed by atoms with Crippen LogP contribution < -0.4 is 0 Å². The molecule has 0 aliphatic rings. The molecule has 20 heavy (non-hydrogen) atoms. The van der Waals surface area contributed by atoms with Crippen LogP contribution in [-0.2, 0) is 6.42 Å². The van der Waals surface area contributed by atoms with Gasteiger partial charge >= 0.3 is 0 Å². The molecule has 0 fully saturated rings. The summed E-state index contributed by atoms with van der Waals surface area (Å²) in [5.41, 5.74) is 0.418. The molecule has 2 aromatic rings. The Balaban J connectivity index is 1.90. The van der Waals surface area contributed by atoms with E-state index >= 15 is 0 Å². The Kier molecular flexibility index (Phi) is 5.40. The summed E-state index contributed by atoms with van der Waals surface area (Å²) in [6.45, 7) is 0. The Morgan fingerprint density at radius 3 is 2.65 bits per heavy atom. The minimum Gasteiger partial charge on any atom is -0.392 e. The van der Waals surface area contributed by atoms with Gasteiger partial charge in [0.1, 0.15) is 11.6 Å². The maximum atomic E-state index is 13.6. The highest BCUT2D eigenvalue weighted by atomic mass is 35.5. The van der Waals surface area contributed by atoms with Crippen molar-refractivity contribution >= 4 is 23.4 Å². The first-order valence-electron chi connectivity index (χ1n) is 6.05. The SMILES string of the molecule is OC(CSc1cccc(F)c1)Cc1ccc(Cl)cc1F. The van der Waals surface area contributed by atoms with Gasteiger partial charge < -0.3 is 5.11 Å². The predicted octanol–water partition coefficient (Wildman–Crippen LogP) is 4.31. The van der Waals surface area contributed by atoms with Gasteiger partial charge in [0.05, 0.1) is 6.10 Å². The second kappa shape index (κ2) is 7.07. The lowest BCUT2D eigenvalue weighted by Gasteiger charge is -2.11. The summed E-state index contributed by atoms with van der Waals surface area (Å²) in [6.07, 6.45) is -0.510. The van der Waals surface area contributed by atoms with Gasteiger partial charge in [-0.1, -0.05) is 23.7 Å². The molecule has 106 valence electrons. The average Bonchev–Trinajstić information content (AvgIpc) is 2.40. The van der Waals surface area contributed by atoms with Crippen LogP contribution in [0.25, 0.3) is 0 Å². The first kappa shape index (κ1) is 15.3. The monoisotopic (exact) mass is 314 g/mol. The van der Waals surface area contributed by atoms with Crippen LogP contribution in [0.15, 0.2) is 47.4 Å². The van der Waals surface area contributed by atoms with E-state index in [1.807, 2.05) is 0 Å². The molecule has 0 spiro atoms. The van der Waals surface area contributed by atoms with E-state index in [-0.39, 0.29) is 12.2 Å². The second-order valence-electron chi connectivity index (χ2n) is 4.36. The molecule has 0 amide bonds. The standard InChI is InChI=1S/C15H13ClF2OS/c16-11-5-4-10(15(18)7-11)6-13(19)9-20-14-3-1-2-12(17)8-14/h1-5,7-8,13,19H,6,9H2. The number of thioether (sulfide) groups is 1. The van der Waals surface area contributed by atoms with E-state index in [2.05, 4.69) is 0 Å². The molecule has 2 rings (SSSR count). The Labute approximate surface area is 125 Å². The van der Waals surface area contributed by atoms with Gasteiger partial charge in [0.15, 0.2) is 0 Å². The number of aliphatic hydroxyl groups excluding tert-OH is 1. The molecule has 0 aliphatic carbocycles. The summed E-state index contributed by atoms with van der Waals surface area (Å²) < 4.78 is 26.6. The van der Waals surface area contributed by atoms with Crippen molar-refractivity contribution < 1.29 is 13.9 Å². The number of rotatable bonds is 5. The lowest BCUT2D eigenvalue weighted by atomic mass is 10.1. The van der Waals surface area contributed by atoms with Crippen molar-refractivity contribution in [3.8, 4) is 0 Å². The summed E-state index contributed by atoms with van der Waals surface area (Å²) in [4.78, 5) is 0.737. The van der Waals surface area contributed by atoms with Crippen LogP contribution in [0.5, 0.6) is 0 Å². The fourth-order valence-electron chi connectivity index (χ4n) is 1.75. The van der Waals surface area contributed by atoms with Crippen LogP contribution in [0, 0.1) is 11.6 Å². The molecule has 1 unspecified atom stereocenters. The quantitative estimate of drug-likeness (QED) is 0.830. The smallest absolute Gasteiger partial charge is 0.127 e. The molecule has 1 atom stereocenters. The van der Waals surface area contributed by atoms with E-state index in [4.69, 9.17) is 11.6 Å². The van der Waals surface area contributed by atoms with Crippen molar-refractivity contribution in [3.05, 3.63) is 64.7 Å². The number of benzene rings is 2. The first-order valence-corrected chi connectivity index (χ1v) is 7.41. The number of hydrogen-bond acceptors (Lipinski definition) is 2. The summed E-state index contributed by atoms with van der Waals surface area (Å²) >= 11 is 7.00. The summed E-state index contributed by atoms with van der Waals surface area (Å²) in [6, 6.07) is 10.5. The molecular formula is C15H13ClF2OS. The second-order valence-corrected chi connectivity index (χ2v) is 5.89. The van der Waals surface area contributed by atoms with E-state index in [1.165, 1.54) is 30.0 Å². The zero-order chi connectivity index (χ0) is 14.5. The largest absolute Gasteiger partial charge is 0.392 e. The highest BCUT2D eigenvalue weighted by Crippen LogP contribution is 2.22. The van der Waals surface area contributed by atoms with Crippen LogP contribution in [0.1, 0.15) is 5.56 Å². The topological polar surface area (TPSA) is 20.2 Å². The van der Waals surface area contributed by atoms with Gasteiger partial charge in [-0.25, -0.2) is 8.78 Å². The Morgan fingerprint density at radius 1 is 1.15 bits per heavy atom. The fraction of sp³-hybridized carbons (Fsp3) is 0.200. The molecule has 0 aliphatic heterocycles. The molecule has 5 heteroatoms. The maximum Gasteiger partial charge on any atom is 0.127 e. The molecule has 0 heterocycles. The van der Waals surface area contributed by atoms with Crippen molar-refractivity contribution in [1.29, 1.82) is 0 Å². The third-order valence-electron chi connectivity index (χ3n) is 2.71. The summed E-state index contributed by atoms with van der Waals surface area (Å²) in [5.74, 6) is -0.369. The van der Waals surface area contributed by atoms with Crippen LogP contribution in [0.4, 0.5) is 8.78 Å². The van der Waals surface area contributed by atoms with Crippen LogP contribution in [0.2, 0.25) is 5.02 Å². The fourth-order valence-corrected chi connectivity index (χ4v) is 2.78. The van der Waals surface area contributed by atoms with E-state index < -0.39 is 11.9 Å². The molecule has 0 bridgehead atoms. The van der Waals surface area contributed by atoms with E-state index in [0.717, 1.165) is 4.90 Å². The van der Waals surface area contributed by atoms with Crippen molar-refractivity contribution in [2.45, 2.75) is 17.4 Å². The lowest BCUT2D eigenvalue weighted by Crippen LogP contribution is -2.14. The summed E-state index contributed by atoms with van der Waals surface area (Å²) in [7, 11) is 0. The number of aliphatic hydroxyl groups is 1. The van der Waals surface area contributed by atoms with E-state index in [0.29, 0.717) is 16.3 Å². The van der Waals surface area contributed by atoms with Crippen molar-refractivity contribution in [3.63, 3.8) is 0 Å². The molecule has 1 N–H and O–H groups in total. The van der Waals surface area contributed by atoms with Gasteiger partial charge in [-0.3, -0.25) is 0 Å². The highest BCUT2D eigenvalue weighted by molar-refractivity contribution is 7.99. The van der Waals surface area contributed by atoms with E-state index in [1.54, 1.807) is 24.3 Å². The minimum atomic E-state index is -0.709. The summed E-state index contributed by atoms with van der Waals surface area (Å²) in [5, 5.41) is 10.2. The normalized spacial score (nSPS) is 12.4. The third-order valence-corrected chi connectivity index (χ3v) is 4.08. The van der Waals surface area contributed by atoms with E-state index in [9.17, 15) is 13.9 Å². The molecule has 0 aromatic heterocycles. The first-order chi connectivity index (χ1) is 9.54. The molecule has 0 saturated heterocycles. The zero-order valence-corrected chi connectivity index (χ0v) is 12.1. The third kappa shape index (κ3) is 4.47. The van der Waals surface area contributed by atoms with Gasteiger partial charge in [-0.15, -0.1) is 11.8 Å². The van der Waals surface area contributed by atoms with Crippen molar-refractivity contribution in [2.24, 2.45) is 0 Å². The Hall–Kier alpha value is -1.10. The van der Waals surface area contributed by atoms with Crippen LogP contribution in [-0.4, -0.2) is 17.0 Å². The van der Waals surface area contributed by atoms with Crippen molar-refractivity contribution in [1.82, 2.24) is 0 Å². The zero-order valence-electron chi connectivity index (χ0n) is 10.5. The minimum absolute atomic E-state index is 0.200. The molecule has 2 aromatic carbocycles. The number of hydrogen-bond donors (Lipinski definition) is 1. The van der Waals surface area contributed by atoms with Gasteiger partial charge in [-0.2, -0.15) is 0 Å². The Bertz CT molecular complexity index is 592. The van der Waals surface area contributed by atoms with Gasteiger partial charge in [0.25, 0.3) is 0 Å². The molecule has 1 nitrogen and oxygen atoms in total. The predicted molar refractivity (Wildman–Crippen MR) is 78.2 cm³/mol.